The van der Waals surface area contributed by atoms with Gasteiger partial charge in [-0.05, 0) is 24.6 Å². The number of anilines is 1. The van der Waals surface area contributed by atoms with Gasteiger partial charge in [-0.1, -0.05) is 35.9 Å². The molecular formula is C19H19ClN4O4. The Balaban J connectivity index is 1.96. The minimum Gasteiger partial charge on any atom is -0.495 e. The Bertz CT molecular complexity index is 1080. The highest BCUT2D eigenvalue weighted by atomic mass is 35.5. The summed E-state index contributed by atoms with van der Waals surface area (Å²) in [7, 11) is 2.95. The van der Waals surface area contributed by atoms with E-state index in [1.165, 1.54) is 20.3 Å². The van der Waals surface area contributed by atoms with Gasteiger partial charge in [-0.15, -0.1) is 5.10 Å². The van der Waals surface area contributed by atoms with Gasteiger partial charge in [0.15, 0.2) is 0 Å². The number of hydrogen-bond acceptors (Lipinski definition) is 6. The summed E-state index contributed by atoms with van der Waals surface area (Å²) in [5.41, 5.74) is 0.452. The van der Waals surface area contributed by atoms with Gasteiger partial charge >= 0.3 is 0 Å². The van der Waals surface area contributed by atoms with Gasteiger partial charge in [-0.25, -0.2) is 0 Å². The minimum absolute atomic E-state index is 0.314. The summed E-state index contributed by atoms with van der Waals surface area (Å²) in [4.78, 5) is 25.7. The van der Waals surface area contributed by atoms with Gasteiger partial charge in [-0.2, -0.15) is 4.68 Å². The molecule has 1 N–H and O–H groups in total. The summed E-state index contributed by atoms with van der Waals surface area (Å²) in [6, 6.07) is 9.10. The van der Waals surface area contributed by atoms with Gasteiger partial charge in [0.1, 0.15) is 23.1 Å². The van der Waals surface area contributed by atoms with Gasteiger partial charge in [0, 0.05) is 6.07 Å². The van der Waals surface area contributed by atoms with E-state index in [0.717, 1.165) is 4.68 Å². The normalized spacial score (nSPS) is 11.9. The highest BCUT2D eigenvalue weighted by molar-refractivity contribution is 6.32. The Hall–Kier alpha value is -3.13. The number of ether oxygens (including phenoxy) is 2. The molecule has 0 unspecified atom stereocenters. The Labute approximate surface area is 166 Å². The predicted molar refractivity (Wildman–Crippen MR) is 106 cm³/mol. The maximum Gasteiger partial charge on any atom is 0.278 e. The number of methoxy groups -OCH3 is 2. The van der Waals surface area contributed by atoms with Crippen molar-refractivity contribution < 1.29 is 14.3 Å². The van der Waals surface area contributed by atoms with Crippen molar-refractivity contribution in [2.75, 3.05) is 19.5 Å². The SMILES string of the molecule is CC[C@H](C(=O)Nc1cc(Cl)c(OC)cc1OC)n1nnc2ccccc2c1=O. The molecule has 3 rings (SSSR count). The average molecular weight is 403 g/mol. The molecule has 0 spiro atoms. The molecular weight excluding hydrogens is 384 g/mol. The number of nitrogens with zero attached hydrogens (tertiary/aromatic N) is 3. The molecule has 1 atom stereocenters. The van der Waals surface area contributed by atoms with Crippen LogP contribution in [0.5, 0.6) is 11.5 Å². The molecule has 0 aliphatic carbocycles. The number of rotatable bonds is 6. The van der Waals surface area contributed by atoms with Crippen molar-refractivity contribution in [2.24, 2.45) is 0 Å². The number of amides is 1. The highest BCUT2D eigenvalue weighted by Crippen LogP contribution is 2.36. The predicted octanol–water partition coefficient (Wildman–Crippen LogP) is 3.05. The van der Waals surface area contributed by atoms with E-state index >= 15 is 0 Å². The molecule has 0 bridgehead atoms. The number of halogens is 1. The molecule has 3 aromatic rings. The van der Waals surface area contributed by atoms with Crippen LogP contribution in [-0.4, -0.2) is 35.1 Å². The zero-order chi connectivity index (χ0) is 20.3. The van der Waals surface area contributed by atoms with Crippen LogP contribution in [0.1, 0.15) is 19.4 Å². The number of nitrogens with one attached hydrogen (secondary N) is 1. The average Bonchev–Trinajstić information content (AvgIpc) is 2.70. The fourth-order valence-corrected chi connectivity index (χ4v) is 3.09. The third-order valence-corrected chi connectivity index (χ3v) is 4.60. The first-order valence-corrected chi connectivity index (χ1v) is 8.94. The maximum absolute atomic E-state index is 12.9. The van der Waals surface area contributed by atoms with Gasteiger partial charge in [0.25, 0.3) is 5.56 Å². The summed E-state index contributed by atoms with van der Waals surface area (Å²) >= 11 is 6.15. The quantitative estimate of drug-likeness (QED) is 0.680. The number of carbonyl (C=O) groups excluding carboxylic acids is 1. The van der Waals surface area contributed by atoms with E-state index in [1.54, 1.807) is 37.3 Å². The molecule has 146 valence electrons. The van der Waals surface area contributed by atoms with Crippen molar-refractivity contribution in [1.29, 1.82) is 0 Å². The topological polar surface area (TPSA) is 95.3 Å². The van der Waals surface area contributed by atoms with Crippen LogP contribution in [0, 0.1) is 0 Å². The lowest BCUT2D eigenvalue weighted by Crippen LogP contribution is -2.35. The molecule has 0 fully saturated rings. The first-order chi connectivity index (χ1) is 13.5. The second-order valence-electron chi connectivity index (χ2n) is 5.96. The first kappa shape index (κ1) is 19.6. The summed E-state index contributed by atoms with van der Waals surface area (Å²) in [6.07, 6.45) is 0.338. The summed E-state index contributed by atoms with van der Waals surface area (Å²) in [6.45, 7) is 1.78. The van der Waals surface area contributed by atoms with Gasteiger partial charge in [-0.3, -0.25) is 9.59 Å². The third kappa shape index (κ3) is 3.63. The van der Waals surface area contributed by atoms with Gasteiger partial charge in [0.2, 0.25) is 5.91 Å². The molecule has 9 heteroatoms. The zero-order valence-corrected chi connectivity index (χ0v) is 16.4. The fourth-order valence-electron chi connectivity index (χ4n) is 2.85. The summed E-state index contributed by atoms with van der Waals surface area (Å²) < 4.78 is 11.5. The second-order valence-corrected chi connectivity index (χ2v) is 6.36. The molecule has 28 heavy (non-hydrogen) atoms. The monoisotopic (exact) mass is 402 g/mol. The zero-order valence-electron chi connectivity index (χ0n) is 15.6. The lowest BCUT2D eigenvalue weighted by molar-refractivity contribution is -0.119. The maximum atomic E-state index is 12.9. The van der Waals surface area contributed by atoms with Gasteiger partial charge in [0.05, 0.1) is 30.3 Å². The fraction of sp³-hybridized carbons (Fsp3) is 0.263. The Morgan fingerprint density at radius 2 is 1.93 bits per heavy atom. The number of fused-ring (bicyclic) bond motifs is 1. The second kappa shape index (κ2) is 8.26. The van der Waals surface area contributed by atoms with E-state index in [9.17, 15) is 9.59 Å². The van der Waals surface area contributed by atoms with E-state index in [4.69, 9.17) is 21.1 Å². The first-order valence-electron chi connectivity index (χ1n) is 8.56. The molecule has 1 aromatic heterocycles. The van der Waals surface area contributed by atoms with Crippen LogP contribution in [0.25, 0.3) is 10.9 Å². The largest absolute Gasteiger partial charge is 0.495 e. The molecule has 0 saturated heterocycles. The molecule has 1 heterocycles. The smallest absolute Gasteiger partial charge is 0.278 e. The van der Waals surface area contributed by atoms with Crippen molar-refractivity contribution in [1.82, 2.24) is 15.0 Å². The van der Waals surface area contributed by atoms with E-state index < -0.39 is 11.9 Å². The Morgan fingerprint density at radius 3 is 2.61 bits per heavy atom. The van der Waals surface area contributed by atoms with Crippen LogP contribution in [-0.2, 0) is 4.79 Å². The van der Waals surface area contributed by atoms with Crippen molar-refractivity contribution in [3.05, 3.63) is 51.8 Å². The van der Waals surface area contributed by atoms with E-state index in [0.29, 0.717) is 39.5 Å². The van der Waals surface area contributed by atoms with Crippen LogP contribution in [0.4, 0.5) is 5.69 Å². The third-order valence-electron chi connectivity index (χ3n) is 4.31. The van der Waals surface area contributed by atoms with Crippen LogP contribution >= 0.6 is 11.6 Å². The van der Waals surface area contributed by atoms with E-state index in [2.05, 4.69) is 15.6 Å². The number of carbonyl (C=O) groups is 1. The van der Waals surface area contributed by atoms with Crippen molar-refractivity contribution in [3.63, 3.8) is 0 Å². The standard InChI is InChI=1S/C19H19ClN4O4/c1-4-15(24-19(26)11-7-5-6-8-13(11)22-23-24)18(25)21-14-9-12(20)16(27-2)10-17(14)28-3/h5-10,15H,4H2,1-3H3,(H,21,25)/t15-/m1/s1. The van der Waals surface area contributed by atoms with Crippen LogP contribution < -0.4 is 20.3 Å². The lowest BCUT2D eigenvalue weighted by Gasteiger charge is -2.18. The summed E-state index contributed by atoms with van der Waals surface area (Å²) in [5.74, 6) is 0.357. The summed E-state index contributed by atoms with van der Waals surface area (Å²) in [5, 5.41) is 11.4. The Kier molecular flexibility index (Phi) is 5.79. The number of benzene rings is 2. The van der Waals surface area contributed by atoms with Crippen molar-refractivity contribution >= 4 is 34.1 Å². The number of aromatic nitrogens is 3. The Morgan fingerprint density at radius 1 is 1.21 bits per heavy atom. The van der Waals surface area contributed by atoms with Crippen molar-refractivity contribution in [3.8, 4) is 11.5 Å². The molecule has 0 saturated carbocycles. The molecule has 0 aliphatic heterocycles. The van der Waals surface area contributed by atoms with Crippen LogP contribution in [0.3, 0.4) is 0 Å². The van der Waals surface area contributed by atoms with Crippen molar-refractivity contribution in [2.45, 2.75) is 19.4 Å². The van der Waals surface area contributed by atoms with Gasteiger partial charge < -0.3 is 14.8 Å². The van der Waals surface area contributed by atoms with E-state index in [1.807, 2.05) is 0 Å². The number of hydrogen-bond donors (Lipinski definition) is 1. The molecule has 0 aliphatic rings. The van der Waals surface area contributed by atoms with Crippen LogP contribution in [0.15, 0.2) is 41.2 Å². The molecule has 1 amide bonds. The molecule has 2 aromatic carbocycles. The lowest BCUT2D eigenvalue weighted by atomic mass is 10.2. The highest BCUT2D eigenvalue weighted by Gasteiger charge is 2.24. The molecule has 0 radical (unpaired) electrons. The minimum atomic E-state index is -0.852. The van der Waals surface area contributed by atoms with E-state index in [-0.39, 0.29) is 5.56 Å². The molecule has 8 nitrogen and oxygen atoms in total. The van der Waals surface area contributed by atoms with Crippen LogP contribution in [0.2, 0.25) is 5.02 Å².